The van der Waals surface area contributed by atoms with Crippen LogP contribution in [-0.2, 0) is 9.33 Å². The molecule has 0 unspecified atom stereocenters. The third-order valence-corrected chi connectivity index (χ3v) is 0. The molecule has 0 spiro atoms. The van der Waals surface area contributed by atoms with Crippen molar-refractivity contribution in [1.29, 1.82) is 0 Å². The Balaban J connectivity index is -0.0000000133. The van der Waals surface area contributed by atoms with Crippen LogP contribution in [0.2, 0.25) is 0 Å². The zero-order chi connectivity index (χ0) is 4.50. The largest absolute Gasteiger partial charge is 1.00 e. The van der Waals surface area contributed by atoms with E-state index in [2.05, 4.69) is 10.7 Å². The van der Waals surface area contributed by atoms with Crippen molar-refractivity contribution in [1.82, 2.24) is 0 Å². The molecule has 0 aliphatic heterocycles. The average molecular weight is 165 g/mol. The Hall–Kier alpha value is 2.20. The van der Waals surface area contributed by atoms with Gasteiger partial charge in [-0.25, -0.2) is 0 Å². The van der Waals surface area contributed by atoms with Gasteiger partial charge in [0.05, 0.1) is 0 Å². The zero-order valence-electron chi connectivity index (χ0n) is 6.05. The summed E-state index contributed by atoms with van der Waals surface area (Å²) in [5, 5.41) is 0. The fourth-order valence-electron chi connectivity index (χ4n) is 0. The molecule has 3 nitrogen and oxygen atoms in total. The molecular weight excluding hydrogens is 161 g/mol. The van der Waals surface area contributed by atoms with Crippen LogP contribution < -0.4 is 59.1 Å². The first-order valence-corrected chi connectivity index (χ1v) is 2.94. The second-order valence-corrected chi connectivity index (χ2v) is 2.41. The van der Waals surface area contributed by atoms with Gasteiger partial charge in [0, 0.05) is 10.7 Å². The Labute approximate surface area is 93.6 Å². The van der Waals surface area contributed by atoms with Crippen molar-refractivity contribution in [3.05, 3.63) is 0 Å². The number of hydrogen-bond acceptors (Lipinski definition) is 2. The van der Waals surface area contributed by atoms with Crippen LogP contribution in [0.3, 0.4) is 0 Å². The van der Waals surface area contributed by atoms with E-state index >= 15 is 0 Å². The minimum Gasteiger partial charge on any atom is -1.00 e. The molecule has 0 fully saturated rings. The van der Waals surface area contributed by atoms with Gasteiger partial charge in [0.15, 0.2) is 0 Å². The van der Waals surface area contributed by atoms with E-state index in [9.17, 15) is 0 Å². The Morgan fingerprint density at radius 3 is 1.43 bits per heavy atom. The van der Waals surface area contributed by atoms with Gasteiger partial charge < -0.3 is 2.85 Å². The van der Waals surface area contributed by atoms with Crippen LogP contribution in [0.15, 0.2) is 0 Å². The first-order chi connectivity index (χ1) is 2.00. The summed E-state index contributed by atoms with van der Waals surface area (Å²) in [5.74, 6) is 0. The molecule has 0 amide bonds. The van der Waals surface area contributed by atoms with E-state index in [1.165, 1.54) is 0 Å². The molecule has 0 atom stereocenters. The van der Waals surface area contributed by atoms with Crippen molar-refractivity contribution in [3.63, 3.8) is 0 Å². The predicted octanol–water partition coefficient (Wildman–Crippen LogP) is -5.74. The van der Waals surface area contributed by atoms with Crippen molar-refractivity contribution in [2.45, 2.75) is 0 Å². The molecule has 0 aromatic heterocycles. The van der Waals surface area contributed by atoms with Gasteiger partial charge in [-0.1, -0.05) is 0 Å². The van der Waals surface area contributed by atoms with Crippen LogP contribution in [-0.4, -0.2) is 13.0 Å². The maximum Gasteiger partial charge on any atom is 1.00 e. The summed E-state index contributed by atoms with van der Waals surface area (Å²) in [7, 11) is -0.137. The molecule has 0 aliphatic rings. The first kappa shape index (κ1) is 16.1. The monoisotopic (exact) mass is 164 g/mol. The van der Waals surface area contributed by atoms with E-state index in [1.54, 1.807) is 0 Å². The number of rotatable bonds is 0. The summed E-state index contributed by atoms with van der Waals surface area (Å²) < 4.78 is 25.2. The normalized spacial score (nSPS) is 8.29. The summed E-state index contributed by atoms with van der Waals surface area (Å²) in [6, 6.07) is 0. The topological polar surface area (TPSA) is 54.4 Å². The molecular formula is H3ClNa2O3S. The molecule has 0 bridgehead atoms. The van der Waals surface area contributed by atoms with Gasteiger partial charge >= 0.3 is 68.4 Å². The summed E-state index contributed by atoms with van der Waals surface area (Å²) in [6.07, 6.45) is 0. The molecule has 0 saturated carbocycles. The zero-order valence-corrected chi connectivity index (χ0v) is 9.62. The molecule has 0 aromatic rings. The third kappa shape index (κ3) is 65.1. The molecule has 0 aromatic carbocycles. The minimum atomic E-state index is -4.19. The van der Waals surface area contributed by atoms with Crippen molar-refractivity contribution in [2.24, 2.45) is 0 Å². The molecule has 0 heterocycles. The third-order valence-electron chi connectivity index (χ3n) is 0. The summed E-state index contributed by atoms with van der Waals surface area (Å²) in [6.45, 7) is 0. The maximum atomic E-state index is 8.95. The molecule has 36 valence electrons. The Bertz CT molecular complexity index is 103. The molecule has 0 aliphatic carbocycles. The smallest absolute Gasteiger partial charge is 1.00 e. The first-order valence-electron chi connectivity index (χ1n) is 0.670. The molecule has 1 N–H and O–H groups in total. The second kappa shape index (κ2) is 6.32. The molecule has 0 saturated heterocycles. The van der Waals surface area contributed by atoms with Gasteiger partial charge in [-0.05, 0) is 0 Å². The minimum absolute atomic E-state index is 0. The fraction of sp³-hybridized carbons (Fsp3) is 0. The molecule has 7 heavy (non-hydrogen) atoms. The van der Waals surface area contributed by atoms with E-state index in [0.29, 0.717) is 0 Å². The number of hydrogen-bond donors (Lipinski definition) is 1. The summed E-state index contributed by atoms with van der Waals surface area (Å²) in [5.41, 5.74) is 0. The average Bonchev–Trinajstić information content (AvgIpc) is 0.722. The summed E-state index contributed by atoms with van der Waals surface area (Å²) in [4.78, 5) is 0. The fourth-order valence-corrected chi connectivity index (χ4v) is 0. The van der Waals surface area contributed by atoms with Crippen LogP contribution in [0, 0.1) is 0 Å². The van der Waals surface area contributed by atoms with Gasteiger partial charge in [-0.15, -0.1) is 0 Å². The Morgan fingerprint density at radius 1 is 1.43 bits per heavy atom. The van der Waals surface area contributed by atoms with Gasteiger partial charge in [-0.3, -0.25) is 4.55 Å². The second-order valence-electron chi connectivity index (χ2n) is 0.412. The van der Waals surface area contributed by atoms with E-state index < -0.39 is 9.33 Å². The van der Waals surface area contributed by atoms with Gasteiger partial charge in [0.2, 0.25) is 0 Å². The number of halogens is 1. The van der Waals surface area contributed by atoms with E-state index in [0.717, 1.165) is 0 Å². The predicted molar refractivity (Wildman–Crippen MR) is 19.6 cm³/mol. The maximum absolute atomic E-state index is 8.95. The van der Waals surface area contributed by atoms with E-state index in [4.69, 9.17) is 13.0 Å². The Morgan fingerprint density at radius 2 is 1.43 bits per heavy atom. The quantitative estimate of drug-likeness (QED) is 0.221. The van der Waals surface area contributed by atoms with Gasteiger partial charge in [-0.2, -0.15) is 8.42 Å². The van der Waals surface area contributed by atoms with E-state index in [1.807, 2.05) is 0 Å². The van der Waals surface area contributed by atoms with Crippen LogP contribution in [0.5, 0.6) is 0 Å². The summed E-state index contributed by atoms with van der Waals surface area (Å²) >= 11 is 0. The van der Waals surface area contributed by atoms with E-state index in [-0.39, 0.29) is 62.0 Å². The van der Waals surface area contributed by atoms with Crippen molar-refractivity contribution in [3.8, 4) is 0 Å². The van der Waals surface area contributed by atoms with Crippen molar-refractivity contribution < 1.29 is 74.9 Å². The van der Waals surface area contributed by atoms with Crippen molar-refractivity contribution >= 4 is 20.0 Å². The van der Waals surface area contributed by atoms with Crippen LogP contribution in [0.1, 0.15) is 2.85 Å². The van der Waals surface area contributed by atoms with Gasteiger partial charge in [0.25, 0.3) is 0 Å². The van der Waals surface area contributed by atoms with Crippen LogP contribution in [0.4, 0.5) is 0 Å². The molecule has 0 radical (unpaired) electrons. The SMILES string of the molecule is O=S(=O)(O)Cl.[H-].[H-].[Na+].[Na+]. The molecule has 7 heteroatoms. The van der Waals surface area contributed by atoms with Crippen LogP contribution in [0.25, 0.3) is 0 Å². The standard InChI is InChI=1S/ClHO3S.2Na.2H/c1-5(2,3)4;;;;/h(H,2,3,4);;;;/q;2*+1;2*-1. The molecule has 0 rings (SSSR count). The Kier molecular flexibility index (Phi) is 14.5. The van der Waals surface area contributed by atoms with Gasteiger partial charge in [0.1, 0.15) is 0 Å². The van der Waals surface area contributed by atoms with Crippen molar-refractivity contribution in [2.75, 3.05) is 0 Å². The van der Waals surface area contributed by atoms with Crippen LogP contribution >= 0.6 is 10.7 Å².